The van der Waals surface area contributed by atoms with Crippen LogP contribution in [-0.2, 0) is 19.3 Å². The van der Waals surface area contributed by atoms with Crippen molar-refractivity contribution in [3.8, 4) is 0 Å². The number of rotatable bonds is 2. The first-order valence-electron chi connectivity index (χ1n) is 6.22. The van der Waals surface area contributed by atoms with Crippen molar-refractivity contribution in [2.75, 3.05) is 13.1 Å². The topological polar surface area (TPSA) is 12.0 Å². The van der Waals surface area contributed by atoms with E-state index < -0.39 is 0 Å². The Balaban J connectivity index is 1.76. The van der Waals surface area contributed by atoms with Crippen molar-refractivity contribution in [1.29, 1.82) is 0 Å². The lowest BCUT2D eigenvalue weighted by molar-refractivity contribution is 0.574. The third-order valence-electron chi connectivity index (χ3n) is 3.82. The van der Waals surface area contributed by atoms with Crippen LogP contribution in [0.1, 0.15) is 35.3 Å². The Morgan fingerprint density at radius 1 is 1.33 bits per heavy atom. The normalized spacial score (nSPS) is 25.5. The second-order valence-corrected chi connectivity index (χ2v) is 5.90. The molecule has 1 atom stereocenters. The van der Waals surface area contributed by atoms with E-state index >= 15 is 0 Å². The Morgan fingerprint density at radius 3 is 3.13 bits per heavy atom. The molecule has 2 heterocycles. The minimum Gasteiger partial charge on any atom is -0.316 e. The summed E-state index contributed by atoms with van der Waals surface area (Å²) in [6.45, 7) is 2.47. The van der Waals surface area contributed by atoms with Gasteiger partial charge in [0.25, 0.3) is 0 Å². The molecule has 1 aliphatic carbocycles. The summed E-state index contributed by atoms with van der Waals surface area (Å²) in [5, 5.41) is 5.91. The molecule has 1 saturated heterocycles. The predicted molar refractivity (Wildman–Crippen MR) is 65.6 cm³/mol. The van der Waals surface area contributed by atoms with E-state index in [4.69, 9.17) is 0 Å². The predicted octanol–water partition coefficient (Wildman–Crippen LogP) is 2.78. The third kappa shape index (κ3) is 1.98. The van der Waals surface area contributed by atoms with Crippen LogP contribution in [0.4, 0.5) is 0 Å². The lowest BCUT2D eigenvalue weighted by Gasteiger charge is -2.14. The summed E-state index contributed by atoms with van der Waals surface area (Å²) in [4.78, 5) is 1.70. The van der Waals surface area contributed by atoms with Crippen molar-refractivity contribution >= 4 is 11.3 Å². The fourth-order valence-corrected chi connectivity index (χ4v) is 4.09. The Kier molecular flexibility index (Phi) is 2.80. The monoisotopic (exact) mass is 221 g/mol. The molecule has 3 rings (SSSR count). The first-order chi connectivity index (χ1) is 7.43. The summed E-state index contributed by atoms with van der Waals surface area (Å²) in [6.07, 6.45) is 8.25. The van der Waals surface area contributed by atoms with Gasteiger partial charge in [-0.25, -0.2) is 0 Å². The first-order valence-corrected chi connectivity index (χ1v) is 7.10. The summed E-state index contributed by atoms with van der Waals surface area (Å²) in [5.74, 6) is 0.908. The molecule has 0 aromatic carbocycles. The Labute approximate surface area is 95.9 Å². The van der Waals surface area contributed by atoms with Crippen LogP contribution in [0.25, 0.3) is 0 Å². The molecule has 1 aliphatic heterocycles. The van der Waals surface area contributed by atoms with Crippen molar-refractivity contribution in [2.45, 2.75) is 38.5 Å². The summed E-state index contributed by atoms with van der Waals surface area (Å²) in [6, 6.07) is 0. The highest BCUT2D eigenvalue weighted by atomic mass is 32.1. The van der Waals surface area contributed by atoms with E-state index in [1.165, 1.54) is 51.6 Å². The average Bonchev–Trinajstić information content (AvgIpc) is 2.89. The van der Waals surface area contributed by atoms with Crippen molar-refractivity contribution in [1.82, 2.24) is 5.32 Å². The quantitative estimate of drug-likeness (QED) is 0.810. The van der Waals surface area contributed by atoms with E-state index in [-0.39, 0.29) is 0 Å². The zero-order chi connectivity index (χ0) is 10.1. The van der Waals surface area contributed by atoms with Crippen LogP contribution < -0.4 is 5.32 Å². The van der Waals surface area contributed by atoms with Gasteiger partial charge in [0.2, 0.25) is 0 Å². The van der Waals surface area contributed by atoms with Crippen LogP contribution >= 0.6 is 11.3 Å². The second kappa shape index (κ2) is 4.26. The van der Waals surface area contributed by atoms with Crippen LogP contribution in [0.5, 0.6) is 0 Å². The van der Waals surface area contributed by atoms with Gasteiger partial charge in [-0.2, -0.15) is 0 Å². The fourth-order valence-electron chi connectivity index (χ4n) is 2.93. The molecule has 82 valence electrons. The highest BCUT2D eigenvalue weighted by molar-refractivity contribution is 7.10. The van der Waals surface area contributed by atoms with E-state index in [0.717, 1.165) is 5.92 Å². The minimum atomic E-state index is 0.908. The molecule has 1 nitrogen and oxygen atoms in total. The van der Waals surface area contributed by atoms with Gasteiger partial charge in [-0.3, -0.25) is 0 Å². The summed E-state index contributed by atoms with van der Waals surface area (Å²) < 4.78 is 0. The van der Waals surface area contributed by atoms with Crippen molar-refractivity contribution < 1.29 is 0 Å². The van der Waals surface area contributed by atoms with Gasteiger partial charge < -0.3 is 5.32 Å². The standard InChI is InChI=1S/C13H19NS/c1-2-4-13-12(3-1)11(9-15-13)7-10-5-6-14-8-10/h9-10,14H,1-8H2. The summed E-state index contributed by atoms with van der Waals surface area (Å²) in [7, 11) is 0. The average molecular weight is 221 g/mol. The molecule has 1 aromatic heterocycles. The SMILES string of the molecule is c1sc2c(c1CC1CCNC1)CCCC2. The number of hydrogen-bond donors (Lipinski definition) is 1. The van der Waals surface area contributed by atoms with Crippen LogP contribution in [0.2, 0.25) is 0 Å². The van der Waals surface area contributed by atoms with Gasteiger partial charge >= 0.3 is 0 Å². The van der Waals surface area contributed by atoms with Crippen LogP contribution in [0.3, 0.4) is 0 Å². The van der Waals surface area contributed by atoms with Gasteiger partial charge in [0.05, 0.1) is 0 Å². The molecule has 1 aromatic rings. The van der Waals surface area contributed by atoms with Gasteiger partial charge in [-0.05, 0) is 74.0 Å². The van der Waals surface area contributed by atoms with Gasteiger partial charge in [0.1, 0.15) is 0 Å². The largest absolute Gasteiger partial charge is 0.316 e. The minimum absolute atomic E-state index is 0.908. The zero-order valence-electron chi connectivity index (χ0n) is 9.22. The molecule has 0 spiro atoms. The molecule has 0 amide bonds. The Bertz CT molecular complexity index is 336. The van der Waals surface area contributed by atoms with E-state index in [0.29, 0.717) is 0 Å². The molecule has 15 heavy (non-hydrogen) atoms. The first kappa shape index (κ1) is 9.86. The molecular formula is C13H19NS. The molecule has 0 bridgehead atoms. The molecule has 2 aliphatic rings. The maximum Gasteiger partial charge on any atom is 0.00800 e. The molecule has 1 fully saturated rings. The molecule has 0 radical (unpaired) electrons. The van der Waals surface area contributed by atoms with Crippen molar-refractivity contribution in [3.05, 3.63) is 21.4 Å². The van der Waals surface area contributed by atoms with Gasteiger partial charge in [0.15, 0.2) is 0 Å². The maximum absolute atomic E-state index is 3.47. The van der Waals surface area contributed by atoms with Crippen molar-refractivity contribution in [2.24, 2.45) is 5.92 Å². The number of nitrogens with one attached hydrogen (secondary N) is 1. The Morgan fingerprint density at radius 2 is 2.27 bits per heavy atom. The fraction of sp³-hybridized carbons (Fsp3) is 0.692. The molecular weight excluding hydrogens is 202 g/mol. The maximum atomic E-state index is 3.47. The molecule has 0 saturated carbocycles. The lowest BCUT2D eigenvalue weighted by atomic mass is 9.91. The van der Waals surface area contributed by atoms with Gasteiger partial charge in [-0.15, -0.1) is 11.3 Å². The van der Waals surface area contributed by atoms with E-state index in [1.807, 2.05) is 11.3 Å². The lowest BCUT2D eigenvalue weighted by Crippen LogP contribution is -2.11. The van der Waals surface area contributed by atoms with E-state index in [2.05, 4.69) is 10.7 Å². The number of fused-ring (bicyclic) bond motifs is 1. The number of aryl methyl sites for hydroxylation is 1. The summed E-state index contributed by atoms with van der Waals surface area (Å²) >= 11 is 2.01. The molecule has 1 unspecified atom stereocenters. The van der Waals surface area contributed by atoms with Crippen LogP contribution in [0, 0.1) is 5.92 Å². The summed E-state index contributed by atoms with van der Waals surface area (Å²) in [5.41, 5.74) is 3.42. The van der Waals surface area contributed by atoms with Gasteiger partial charge in [-0.1, -0.05) is 0 Å². The van der Waals surface area contributed by atoms with Crippen molar-refractivity contribution in [3.63, 3.8) is 0 Å². The highest BCUT2D eigenvalue weighted by Gasteiger charge is 2.20. The number of hydrogen-bond acceptors (Lipinski definition) is 2. The zero-order valence-corrected chi connectivity index (χ0v) is 10.0. The second-order valence-electron chi connectivity index (χ2n) is 4.93. The van der Waals surface area contributed by atoms with Crippen LogP contribution in [0.15, 0.2) is 5.38 Å². The Hall–Kier alpha value is -0.340. The molecule has 1 N–H and O–H groups in total. The third-order valence-corrected chi connectivity index (χ3v) is 4.96. The van der Waals surface area contributed by atoms with Crippen LogP contribution in [-0.4, -0.2) is 13.1 Å². The highest BCUT2D eigenvalue weighted by Crippen LogP contribution is 2.32. The smallest absolute Gasteiger partial charge is 0.00800 e. The van der Waals surface area contributed by atoms with Gasteiger partial charge in [0, 0.05) is 4.88 Å². The van der Waals surface area contributed by atoms with E-state index in [9.17, 15) is 0 Å². The van der Waals surface area contributed by atoms with E-state index in [1.54, 1.807) is 16.0 Å². The number of thiophene rings is 1. The molecule has 2 heteroatoms.